The van der Waals surface area contributed by atoms with Gasteiger partial charge in [0.15, 0.2) is 17.3 Å². The molecule has 44 heavy (non-hydrogen) atoms. The van der Waals surface area contributed by atoms with Crippen molar-refractivity contribution in [1.82, 2.24) is 25.3 Å². The molecule has 7 rings (SSSR count). The summed E-state index contributed by atoms with van der Waals surface area (Å²) >= 11 is 0. The molecule has 2 aromatic heterocycles. The van der Waals surface area contributed by atoms with Gasteiger partial charge in [-0.3, -0.25) is 9.89 Å². The average Bonchev–Trinajstić information content (AvgIpc) is 3.46. The SMILES string of the molecule is CC(=O)N1CCc2[nH]nc(N3CCCc4cc(C#N)ccc43)c2C1.O=C(O)c1ccc(N2CCC(OC3CCC3)CC2)nn1. The molecule has 1 saturated carbocycles. The highest BCUT2D eigenvalue weighted by molar-refractivity contribution is 5.85. The van der Waals surface area contributed by atoms with Gasteiger partial charge in [-0.25, -0.2) is 4.79 Å². The molecule has 3 aliphatic heterocycles. The Kier molecular flexibility index (Phi) is 8.74. The second kappa shape index (κ2) is 13.0. The van der Waals surface area contributed by atoms with Crippen molar-refractivity contribution in [2.45, 2.75) is 77.0 Å². The third-order valence-corrected chi connectivity index (χ3v) is 9.01. The van der Waals surface area contributed by atoms with Gasteiger partial charge in [-0.1, -0.05) is 0 Å². The van der Waals surface area contributed by atoms with E-state index >= 15 is 0 Å². The molecule has 1 amide bonds. The molecular weight excluding hydrogens is 560 g/mol. The standard InChI is InChI=1S/C18H19N5O.C14H19N3O3/c1-12(24)22-8-6-16-15(11-22)18(21-20-16)23-7-2-3-14-9-13(10-19)4-5-17(14)23;18-14(19)12-4-5-13(16-15-12)17-8-6-11(7-9-17)20-10-2-1-3-10/h4-5,9H,2-3,6-8,11H2,1H3,(H,20,21);4-5,10-11H,1-3,6-9H2,(H,18,19). The fourth-order valence-electron chi connectivity index (χ4n) is 6.27. The summed E-state index contributed by atoms with van der Waals surface area (Å²) in [4.78, 5) is 28.7. The summed E-state index contributed by atoms with van der Waals surface area (Å²) in [6, 6.07) is 11.3. The zero-order valence-electron chi connectivity index (χ0n) is 25.0. The van der Waals surface area contributed by atoms with Crippen LogP contribution in [0.2, 0.25) is 0 Å². The monoisotopic (exact) mass is 598 g/mol. The highest BCUT2D eigenvalue weighted by Gasteiger charge is 2.29. The number of hydrogen-bond donors (Lipinski definition) is 2. The summed E-state index contributed by atoms with van der Waals surface area (Å²) in [5.41, 5.74) is 5.24. The Labute approximate surface area is 256 Å². The number of benzene rings is 1. The Balaban J connectivity index is 0.000000159. The molecule has 0 spiro atoms. The number of piperidine rings is 1. The number of aryl methyl sites for hydroxylation is 1. The topological polar surface area (TPSA) is 152 Å². The fourth-order valence-corrected chi connectivity index (χ4v) is 6.27. The fraction of sp³-hybridized carbons (Fsp3) is 0.500. The van der Waals surface area contributed by atoms with Gasteiger partial charge in [0, 0.05) is 56.5 Å². The zero-order valence-corrected chi connectivity index (χ0v) is 25.0. The Morgan fingerprint density at radius 1 is 1.00 bits per heavy atom. The van der Waals surface area contributed by atoms with Crippen molar-refractivity contribution in [3.63, 3.8) is 0 Å². The van der Waals surface area contributed by atoms with E-state index in [2.05, 4.69) is 36.3 Å². The maximum atomic E-state index is 11.7. The first-order chi connectivity index (χ1) is 21.4. The smallest absolute Gasteiger partial charge is 0.356 e. The number of carboxylic acids is 1. The number of nitriles is 1. The number of carbonyl (C=O) groups is 2. The van der Waals surface area contributed by atoms with Gasteiger partial charge in [-0.05, 0) is 80.8 Å². The second-order valence-electron chi connectivity index (χ2n) is 11.9. The van der Waals surface area contributed by atoms with Crippen LogP contribution < -0.4 is 9.80 Å². The van der Waals surface area contributed by atoms with Crippen LogP contribution in [0.4, 0.5) is 17.3 Å². The van der Waals surface area contributed by atoms with Gasteiger partial charge in [-0.2, -0.15) is 10.4 Å². The van der Waals surface area contributed by atoms with E-state index < -0.39 is 5.97 Å². The largest absolute Gasteiger partial charge is 0.476 e. The van der Waals surface area contributed by atoms with E-state index in [1.54, 1.807) is 13.0 Å². The summed E-state index contributed by atoms with van der Waals surface area (Å²) in [5.74, 6) is 0.723. The molecule has 5 heterocycles. The van der Waals surface area contributed by atoms with Crippen LogP contribution in [0.1, 0.15) is 78.3 Å². The molecule has 3 aromatic rings. The number of amides is 1. The van der Waals surface area contributed by atoms with Crippen LogP contribution in [0, 0.1) is 11.3 Å². The molecule has 230 valence electrons. The number of fused-ring (bicyclic) bond motifs is 2. The van der Waals surface area contributed by atoms with Crippen LogP contribution in [0.25, 0.3) is 0 Å². The number of aromatic carboxylic acids is 1. The summed E-state index contributed by atoms with van der Waals surface area (Å²) in [6.07, 6.45) is 9.39. The van der Waals surface area contributed by atoms with Gasteiger partial charge in [0.2, 0.25) is 5.91 Å². The molecule has 0 atom stereocenters. The lowest BCUT2D eigenvalue weighted by atomic mass is 9.95. The lowest BCUT2D eigenvalue weighted by Crippen LogP contribution is -2.40. The van der Waals surface area contributed by atoms with E-state index in [1.807, 2.05) is 23.1 Å². The van der Waals surface area contributed by atoms with Crippen LogP contribution in [-0.4, -0.2) is 80.7 Å². The molecule has 12 nitrogen and oxygen atoms in total. The molecule has 0 bridgehead atoms. The first-order valence-corrected chi connectivity index (χ1v) is 15.5. The molecule has 0 unspecified atom stereocenters. The lowest BCUT2D eigenvalue weighted by Gasteiger charge is -2.36. The van der Waals surface area contributed by atoms with Crippen molar-refractivity contribution in [3.05, 3.63) is 58.4 Å². The minimum atomic E-state index is -1.04. The number of nitrogens with zero attached hydrogens (tertiary/aromatic N) is 7. The molecule has 1 aromatic carbocycles. The van der Waals surface area contributed by atoms with Crippen molar-refractivity contribution in [3.8, 4) is 6.07 Å². The third-order valence-electron chi connectivity index (χ3n) is 9.01. The summed E-state index contributed by atoms with van der Waals surface area (Å²) < 4.78 is 6.02. The maximum absolute atomic E-state index is 11.7. The Bertz CT molecular complexity index is 1540. The summed E-state index contributed by atoms with van der Waals surface area (Å²) in [7, 11) is 0. The number of anilines is 3. The van der Waals surface area contributed by atoms with Crippen LogP contribution in [0.3, 0.4) is 0 Å². The van der Waals surface area contributed by atoms with Crippen LogP contribution in [0.15, 0.2) is 30.3 Å². The van der Waals surface area contributed by atoms with Gasteiger partial charge >= 0.3 is 5.97 Å². The van der Waals surface area contributed by atoms with Crippen LogP contribution in [-0.2, 0) is 28.9 Å². The first kappa shape index (κ1) is 29.6. The third kappa shape index (κ3) is 6.38. The quantitative estimate of drug-likeness (QED) is 0.441. The second-order valence-corrected chi connectivity index (χ2v) is 11.9. The molecule has 2 fully saturated rings. The number of carboxylic acid groups (broad SMARTS) is 1. The van der Waals surface area contributed by atoms with E-state index in [1.165, 1.54) is 30.9 Å². The van der Waals surface area contributed by atoms with Crippen molar-refractivity contribution in [2.75, 3.05) is 36.0 Å². The lowest BCUT2D eigenvalue weighted by molar-refractivity contribution is -0.129. The number of ether oxygens (including phenoxy) is 1. The Morgan fingerprint density at radius 2 is 1.80 bits per heavy atom. The Morgan fingerprint density at radius 3 is 2.45 bits per heavy atom. The van der Waals surface area contributed by atoms with Crippen LogP contribution in [0.5, 0.6) is 0 Å². The molecule has 0 radical (unpaired) electrons. The zero-order chi connectivity index (χ0) is 30.6. The van der Waals surface area contributed by atoms with Gasteiger partial charge < -0.3 is 24.5 Å². The summed E-state index contributed by atoms with van der Waals surface area (Å²) in [5, 5.41) is 33.3. The van der Waals surface area contributed by atoms with Crippen LogP contribution >= 0.6 is 0 Å². The average molecular weight is 599 g/mol. The number of carbonyl (C=O) groups excluding carboxylic acids is 1. The predicted octanol–water partition coefficient (Wildman–Crippen LogP) is 3.98. The number of nitrogens with one attached hydrogen (secondary N) is 1. The predicted molar refractivity (Wildman–Crippen MR) is 163 cm³/mol. The summed E-state index contributed by atoms with van der Waals surface area (Å²) in [6.45, 7) is 5.64. The molecule has 12 heteroatoms. The van der Waals surface area contributed by atoms with E-state index in [4.69, 9.17) is 15.1 Å². The number of aromatic nitrogens is 4. The van der Waals surface area contributed by atoms with E-state index in [0.29, 0.717) is 24.3 Å². The molecule has 2 N–H and O–H groups in total. The molecule has 1 saturated heterocycles. The Hall–Kier alpha value is -4.50. The van der Waals surface area contributed by atoms with Gasteiger partial charge in [0.1, 0.15) is 0 Å². The number of aromatic amines is 1. The number of hydrogen-bond acceptors (Lipinski definition) is 9. The normalized spacial score (nSPS) is 18.3. The minimum absolute atomic E-state index is 0.0167. The van der Waals surface area contributed by atoms with E-state index in [0.717, 1.165) is 86.9 Å². The maximum Gasteiger partial charge on any atom is 0.356 e. The highest BCUT2D eigenvalue weighted by Crippen LogP contribution is 2.37. The van der Waals surface area contributed by atoms with Crippen molar-refractivity contribution >= 4 is 29.2 Å². The molecule has 1 aliphatic carbocycles. The molecular formula is C32H38N8O4. The first-order valence-electron chi connectivity index (χ1n) is 15.5. The van der Waals surface area contributed by atoms with E-state index in [9.17, 15) is 9.59 Å². The van der Waals surface area contributed by atoms with Gasteiger partial charge in [-0.15, -0.1) is 10.2 Å². The van der Waals surface area contributed by atoms with E-state index in [-0.39, 0.29) is 11.6 Å². The van der Waals surface area contributed by atoms with Crippen molar-refractivity contribution in [1.29, 1.82) is 5.26 Å². The highest BCUT2D eigenvalue weighted by atomic mass is 16.5. The molecule has 4 aliphatic rings. The minimum Gasteiger partial charge on any atom is -0.476 e. The van der Waals surface area contributed by atoms with Gasteiger partial charge in [0.25, 0.3) is 0 Å². The van der Waals surface area contributed by atoms with Gasteiger partial charge in [0.05, 0.1) is 30.4 Å². The number of H-pyrrole nitrogens is 1. The van der Waals surface area contributed by atoms with Crippen molar-refractivity contribution < 1.29 is 19.4 Å². The van der Waals surface area contributed by atoms with Crippen molar-refractivity contribution in [2.24, 2.45) is 0 Å². The number of rotatable bonds is 5.